The largest absolute Gasteiger partial charge is 0.481 e. The van der Waals surface area contributed by atoms with Gasteiger partial charge in [-0.15, -0.1) is 0 Å². The van der Waals surface area contributed by atoms with E-state index < -0.39 is 5.97 Å². The molecule has 0 unspecified atom stereocenters. The van der Waals surface area contributed by atoms with E-state index in [0.717, 1.165) is 20.1 Å². The predicted octanol–water partition coefficient (Wildman–Crippen LogP) is 1.38. The van der Waals surface area contributed by atoms with Crippen LogP contribution in [0.5, 0.6) is 0 Å². The molecule has 0 heterocycles. The van der Waals surface area contributed by atoms with Crippen molar-refractivity contribution in [1.29, 1.82) is 0 Å². The Labute approximate surface area is 104 Å². The van der Waals surface area contributed by atoms with Gasteiger partial charge in [-0.2, -0.15) is 0 Å². The van der Waals surface area contributed by atoms with Gasteiger partial charge >= 0.3 is 0 Å². The maximum absolute atomic E-state index is 9.00. The molecule has 5 nitrogen and oxygen atoms in total. The van der Waals surface area contributed by atoms with Crippen molar-refractivity contribution >= 4 is 5.97 Å². The van der Waals surface area contributed by atoms with Gasteiger partial charge in [-0.05, 0) is 11.8 Å². The Balaban J connectivity index is -0.000000205. The fourth-order valence-electron chi connectivity index (χ4n) is 0.539. The lowest BCUT2D eigenvalue weighted by molar-refractivity contribution is -0.134. The zero-order valence-corrected chi connectivity index (χ0v) is 11.6. The van der Waals surface area contributed by atoms with Crippen LogP contribution in [0.2, 0.25) is 0 Å². The first-order valence-electron chi connectivity index (χ1n) is 5.76. The highest BCUT2D eigenvalue weighted by Gasteiger charge is 1.95. The molecular weight excluding hydrogens is 224 g/mol. The lowest BCUT2D eigenvalue weighted by atomic mass is 10.2. The summed E-state index contributed by atoms with van der Waals surface area (Å²) in [4.78, 5) is 9.00. The molecule has 0 spiro atoms. The first kappa shape index (κ1) is 21.6. The molecule has 0 fully saturated rings. The van der Waals surface area contributed by atoms with E-state index in [4.69, 9.17) is 24.9 Å². The highest BCUT2D eigenvalue weighted by molar-refractivity contribution is 5.62. The second-order valence-corrected chi connectivity index (χ2v) is 4.29. The third kappa shape index (κ3) is 67.8. The molecular formula is C12H28O5. The number of carboxylic acids is 1. The second-order valence-electron chi connectivity index (χ2n) is 4.29. The monoisotopic (exact) mass is 252 g/mol. The van der Waals surface area contributed by atoms with Gasteiger partial charge in [-0.3, -0.25) is 4.79 Å². The third-order valence-corrected chi connectivity index (χ3v) is 1.00. The van der Waals surface area contributed by atoms with Crippen molar-refractivity contribution in [1.82, 2.24) is 0 Å². The van der Waals surface area contributed by atoms with Gasteiger partial charge in [-0.1, -0.05) is 27.7 Å². The molecule has 0 aliphatic heterocycles. The minimum absolute atomic E-state index is 0.125. The van der Waals surface area contributed by atoms with Gasteiger partial charge < -0.3 is 20.1 Å². The van der Waals surface area contributed by atoms with Crippen LogP contribution in [0.1, 0.15) is 34.6 Å². The normalized spacial score (nSPS) is 9.24. The fourth-order valence-corrected chi connectivity index (χ4v) is 0.539. The summed E-state index contributed by atoms with van der Waals surface area (Å²) in [5.74, 6) is 0.507. The molecule has 0 aromatic rings. The van der Waals surface area contributed by atoms with Crippen molar-refractivity contribution < 1.29 is 24.9 Å². The zero-order valence-electron chi connectivity index (χ0n) is 11.6. The molecule has 0 rings (SSSR count). The van der Waals surface area contributed by atoms with Gasteiger partial charge in [0.15, 0.2) is 0 Å². The molecule has 0 aromatic heterocycles. The molecule has 0 aromatic carbocycles. The Morgan fingerprint density at radius 2 is 1.24 bits per heavy atom. The van der Waals surface area contributed by atoms with E-state index in [1.807, 2.05) is 0 Å². The summed E-state index contributed by atoms with van der Waals surface area (Å²) in [5.41, 5.74) is 0. The summed E-state index contributed by atoms with van der Waals surface area (Å²) >= 11 is 0. The Hall–Kier alpha value is -0.650. The predicted molar refractivity (Wildman–Crippen MR) is 68.0 cm³/mol. The van der Waals surface area contributed by atoms with Crippen molar-refractivity contribution in [2.45, 2.75) is 34.6 Å². The summed E-state index contributed by atoms with van der Waals surface area (Å²) in [6, 6.07) is 0. The van der Waals surface area contributed by atoms with Crippen molar-refractivity contribution in [2.75, 3.05) is 26.4 Å². The molecule has 0 bridgehead atoms. The first-order chi connectivity index (χ1) is 7.77. The summed E-state index contributed by atoms with van der Waals surface area (Å²) in [5, 5.41) is 22.7. The van der Waals surface area contributed by atoms with E-state index in [1.54, 1.807) is 0 Å². The maximum Gasteiger partial charge on any atom is 0.300 e. The molecule has 0 radical (unpaired) electrons. The molecule has 17 heavy (non-hydrogen) atoms. The third-order valence-electron chi connectivity index (χ3n) is 1.00. The standard InChI is InChI=1S/C8H18O.C2H4O2.C2H6O2/c1-7(2)5-9-6-8(3)4;1-2(3)4;3-1-2-4/h7-8H,5-6H2,1-4H3;1H3,(H,3,4);3-4H,1-2H2. The lowest BCUT2D eigenvalue weighted by Crippen LogP contribution is -2.06. The molecule has 106 valence electrons. The molecule has 0 aliphatic rings. The highest BCUT2D eigenvalue weighted by Crippen LogP contribution is 1.96. The van der Waals surface area contributed by atoms with Gasteiger partial charge in [0.2, 0.25) is 0 Å². The quantitative estimate of drug-likeness (QED) is 0.688. The number of aliphatic carboxylic acids is 1. The Bertz CT molecular complexity index is 132. The number of carboxylic acid groups (broad SMARTS) is 1. The summed E-state index contributed by atoms with van der Waals surface area (Å²) < 4.78 is 5.36. The number of aliphatic hydroxyl groups is 2. The van der Waals surface area contributed by atoms with Gasteiger partial charge in [-0.25, -0.2) is 0 Å². The highest BCUT2D eigenvalue weighted by atomic mass is 16.5. The number of carbonyl (C=O) groups is 1. The van der Waals surface area contributed by atoms with E-state index >= 15 is 0 Å². The molecule has 0 saturated heterocycles. The topological polar surface area (TPSA) is 87.0 Å². The van der Waals surface area contributed by atoms with Crippen LogP contribution in [0.4, 0.5) is 0 Å². The zero-order chi connectivity index (χ0) is 14.3. The van der Waals surface area contributed by atoms with E-state index in [-0.39, 0.29) is 13.2 Å². The van der Waals surface area contributed by atoms with Gasteiger partial charge in [0.1, 0.15) is 0 Å². The van der Waals surface area contributed by atoms with Crippen molar-refractivity contribution in [2.24, 2.45) is 11.8 Å². The summed E-state index contributed by atoms with van der Waals surface area (Å²) in [7, 11) is 0. The Morgan fingerprint density at radius 1 is 1.00 bits per heavy atom. The molecule has 0 amide bonds. The lowest BCUT2D eigenvalue weighted by Gasteiger charge is -2.07. The average molecular weight is 252 g/mol. The fraction of sp³-hybridized carbons (Fsp3) is 0.917. The van der Waals surface area contributed by atoms with Crippen LogP contribution in [-0.2, 0) is 9.53 Å². The smallest absolute Gasteiger partial charge is 0.300 e. The van der Waals surface area contributed by atoms with E-state index in [1.165, 1.54) is 0 Å². The van der Waals surface area contributed by atoms with E-state index in [0.29, 0.717) is 11.8 Å². The van der Waals surface area contributed by atoms with Crippen LogP contribution in [0.25, 0.3) is 0 Å². The minimum Gasteiger partial charge on any atom is -0.481 e. The Morgan fingerprint density at radius 3 is 1.35 bits per heavy atom. The van der Waals surface area contributed by atoms with Gasteiger partial charge in [0, 0.05) is 20.1 Å². The van der Waals surface area contributed by atoms with Crippen molar-refractivity contribution in [3.63, 3.8) is 0 Å². The van der Waals surface area contributed by atoms with Crippen LogP contribution >= 0.6 is 0 Å². The SMILES string of the molecule is CC(=O)O.CC(C)COCC(C)C.OCCO. The van der Waals surface area contributed by atoms with Gasteiger partial charge in [0.25, 0.3) is 5.97 Å². The first-order valence-corrected chi connectivity index (χ1v) is 5.76. The maximum atomic E-state index is 9.00. The number of aliphatic hydroxyl groups excluding tert-OH is 2. The van der Waals surface area contributed by atoms with Crippen LogP contribution < -0.4 is 0 Å². The molecule has 3 N–H and O–H groups in total. The second kappa shape index (κ2) is 17.7. The minimum atomic E-state index is -0.833. The molecule has 0 atom stereocenters. The summed E-state index contributed by atoms with van der Waals surface area (Å²) in [6.07, 6.45) is 0. The number of hydrogen-bond donors (Lipinski definition) is 3. The number of rotatable bonds is 5. The number of hydrogen-bond acceptors (Lipinski definition) is 4. The van der Waals surface area contributed by atoms with Crippen LogP contribution in [0, 0.1) is 11.8 Å². The van der Waals surface area contributed by atoms with Crippen molar-refractivity contribution in [3.8, 4) is 0 Å². The van der Waals surface area contributed by atoms with Crippen LogP contribution in [-0.4, -0.2) is 47.7 Å². The molecule has 5 heteroatoms. The van der Waals surface area contributed by atoms with Crippen molar-refractivity contribution in [3.05, 3.63) is 0 Å². The summed E-state index contributed by atoms with van der Waals surface area (Å²) in [6.45, 7) is 11.3. The average Bonchev–Trinajstić information content (AvgIpc) is 2.16. The van der Waals surface area contributed by atoms with Crippen LogP contribution in [0.3, 0.4) is 0 Å². The van der Waals surface area contributed by atoms with E-state index in [9.17, 15) is 0 Å². The van der Waals surface area contributed by atoms with E-state index in [2.05, 4.69) is 27.7 Å². The van der Waals surface area contributed by atoms with Gasteiger partial charge in [0.05, 0.1) is 13.2 Å². The number of ether oxygens (including phenoxy) is 1. The molecule has 0 aliphatic carbocycles. The Kier molecular flexibility index (Phi) is 22.6. The van der Waals surface area contributed by atoms with Crippen LogP contribution in [0.15, 0.2) is 0 Å². The molecule has 0 saturated carbocycles.